The van der Waals surface area contributed by atoms with Crippen molar-refractivity contribution in [3.63, 3.8) is 0 Å². The van der Waals surface area contributed by atoms with Crippen LogP contribution in [0.1, 0.15) is 26.7 Å². The van der Waals surface area contributed by atoms with Gasteiger partial charge < -0.3 is 5.11 Å². The molecule has 0 aliphatic rings. The SMILES string of the molecule is CCC#CC#CC(O)CC. The summed E-state index contributed by atoms with van der Waals surface area (Å²) in [6.45, 7) is 3.84. The molecule has 0 aromatic rings. The molecule has 1 nitrogen and oxygen atoms in total. The summed E-state index contributed by atoms with van der Waals surface area (Å²) in [5.74, 6) is 10.6. The maximum atomic E-state index is 8.92. The molecule has 0 fully saturated rings. The first-order valence-corrected chi connectivity index (χ1v) is 3.47. The molecule has 1 unspecified atom stereocenters. The molecular formula is C9H12O. The minimum Gasteiger partial charge on any atom is -0.380 e. The van der Waals surface area contributed by atoms with Crippen LogP contribution in [0.15, 0.2) is 0 Å². The standard InChI is InChI=1S/C9H12O/c1-3-5-6-7-8-9(10)4-2/h9-10H,3-4H2,1-2H3. The average Bonchev–Trinajstić information content (AvgIpc) is 1.98. The van der Waals surface area contributed by atoms with Crippen LogP contribution in [0.3, 0.4) is 0 Å². The normalized spacial score (nSPS) is 10.3. The fourth-order valence-corrected chi connectivity index (χ4v) is 0.354. The van der Waals surface area contributed by atoms with E-state index in [-0.39, 0.29) is 0 Å². The van der Waals surface area contributed by atoms with Crippen LogP contribution in [0.2, 0.25) is 0 Å². The minimum absolute atomic E-state index is 0.508. The van der Waals surface area contributed by atoms with Crippen LogP contribution in [0.5, 0.6) is 0 Å². The van der Waals surface area contributed by atoms with Crippen molar-refractivity contribution in [2.75, 3.05) is 0 Å². The van der Waals surface area contributed by atoms with Gasteiger partial charge in [0.2, 0.25) is 0 Å². The molecular weight excluding hydrogens is 124 g/mol. The van der Waals surface area contributed by atoms with Crippen LogP contribution in [-0.2, 0) is 0 Å². The van der Waals surface area contributed by atoms with Crippen molar-refractivity contribution in [2.45, 2.75) is 32.8 Å². The molecule has 0 heterocycles. The van der Waals surface area contributed by atoms with Crippen molar-refractivity contribution in [3.05, 3.63) is 0 Å². The van der Waals surface area contributed by atoms with Gasteiger partial charge >= 0.3 is 0 Å². The molecule has 0 bridgehead atoms. The summed E-state index contributed by atoms with van der Waals surface area (Å²) in [5, 5.41) is 8.92. The van der Waals surface area contributed by atoms with E-state index >= 15 is 0 Å². The van der Waals surface area contributed by atoms with Gasteiger partial charge in [0.15, 0.2) is 0 Å². The molecule has 1 heteroatoms. The average molecular weight is 136 g/mol. The minimum atomic E-state index is -0.508. The summed E-state index contributed by atoms with van der Waals surface area (Å²) in [4.78, 5) is 0. The van der Waals surface area contributed by atoms with Crippen molar-refractivity contribution < 1.29 is 5.11 Å². The third-order valence-electron chi connectivity index (χ3n) is 0.953. The van der Waals surface area contributed by atoms with Gasteiger partial charge in [-0.3, -0.25) is 0 Å². The lowest BCUT2D eigenvalue weighted by atomic mass is 10.3. The second kappa shape index (κ2) is 6.20. The summed E-state index contributed by atoms with van der Waals surface area (Å²) in [7, 11) is 0. The third-order valence-corrected chi connectivity index (χ3v) is 0.953. The van der Waals surface area contributed by atoms with Crippen LogP contribution < -0.4 is 0 Å². The molecule has 0 rings (SSSR count). The predicted octanol–water partition coefficient (Wildman–Crippen LogP) is 1.17. The number of hydrogen-bond donors (Lipinski definition) is 1. The van der Waals surface area contributed by atoms with Gasteiger partial charge in [-0.15, -0.1) is 0 Å². The van der Waals surface area contributed by atoms with Gasteiger partial charge in [-0.1, -0.05) is 25.7 Å². The van der Waals surface area contributed by atoms with Crippen molar-refractivity contribution in [2.24, 2.45) is 0 Å². The number of hydrogen-bond acceptors (Lipinski definition) is 1. The molecule has 54 valence electrons. The second-order valence-corrected chi connectivity index (χ2v) is 1.85. The molecule has 0 saturated heterocycles. The number of aliphatic hydroxyl groups excluding tert-OH is 1. The van der Waals surface area contributed by atoms with Gasteiger partial charge in [0.25, 0.3) is 0 Å². The van der Waals surface area contributed by atoms with Gasteiger partial charge in [0.05, 0.1) is 0 Å². The quantitative estimate of drug-likeness (QED) is 0.536. The van der Waals surface area contributed by atoms with E-state index in [0.29, 0.717) is 6.42 Å². The molecule has 0 aliphatic heterocycles. The van der Waals surface area contributed by atoms with Gasteiger partial charge in [-0.2, -0.15) is 0 Å². The van der Waals surface area contributed by atoms with E-state index in [9.17, 15) is 0 Å². The highest BCUT2D eigenvalue weighted by Crippen LogP contribution is 1.83. The van der Waals surface area contributed by atoms with Crippen LogP contribution >= 0.6 is 0 Å². The Kier molecular flexibility index (Phi) is 5.63. The predicted molar refractivity (Wildman–Crippen MR) is 42.1 cm³/mol. The van der Waals surface area contributed by atoms with Gasteiger partial charge in [0, 0.05) is 6.42 Å². The van der Waals surface area contributed by atoms with E-state index in [2.05, 4.69) is 23.7 Å². The first-order chi connectivity index (χ1) is 4.81. The van der Waals surface area contributed by atoms with E-state index in [0.717, 1.165) is 6.42 Å². The highest BCUT2D eigenvalue weighted by atomic mass is 16.3. The molecule has 0 aliphatic carbocycles. The Bertz CT molecular complexity index is 184. The largest absolute Gasteiger partial charge is 0.380 e. The summed E-state index contributed by atoms with van der Waals surface area (Å²) in [6.07, 6.45) is 0.976. The smallest absolute Gasteiger partial charge is 0.115 e. The molecule has 0 saturated carbocycles. The monoisotopic (exact) mass is 136 g/mol. The topological polar surface area (TPSA) is 20.2 Å². The van der Waals surface area contributed by atoms with Crippen molar-refractivity contribution >= 4 is 0 Å². The Morgan fingerprint density at radius 3 is 2.50 bits per heavy atom. The number of aliphatic hydroxyl groups is 1. The molecule has 1 N–H and O–H groups in total. The fraction of sp³-hybridized carbons (Fsp3) is 0.556. The zero-order valence-electron chi connectivity index (χ0n) is 6.44. The first-order valence-electron chi connectivity index (χ1n) is 3.47. The highest BCUT2D eigenvalue weighted by Gasteiger charge is 1.88. The van der Waals surface area contributed by atoms with Crippen molar-refractivity contribution in [3.8, 4) is 23.7 Å². The molecule has 0 amide bonds. The summed E-state index contributed by atoms with van der Waals surface area (Å²) in [5.41, 5.74) is 0. The van der Waals surface area contributed by atoms with Gasteiger partial charge in [-0.25, -0.2) is 0 Å². The van der Waals surface area contributed by atoms with Crippen LogP contribution in [-0.4, -0.2) is 11.2 Å². The van der Waals surface area contributed by atoms with Crippen LogP contribution in [0.25, 0.3) is 0 Å². The van der Waals surface area contributed by atoms with Gasteiger partial charge in [-0.05, 0) is 18.3 Å². The fourth-order valence-electron chi connectivity index (χ4n) is 0.354. The molecule has 10 heavy (non-hydrogen) atoms. The van der Waals surface area contributed by atoms with Crippen LogP contribution in [0, 0.1) is 23.7 Å². The van der Waals surface area contributed by atoms with Crippen LogP contribution in [0.4, 0.5) is 0 Å². The molecule has 1 atom stereocenters. The van der Waals surface area contributed by atoms with E-state index in [1.54, 1.807) is 0 Å². The van der Waals surface area contributed by atoms with E-state index in [1.807, 2.05) is 13.8 Å². The first kappa shape index (κ1) is 9.08. The Morgan fingerprint density at radius 2 is 2.00 bits per heavy atom. The van der Waals surface area contributed by atoms with E-state index in [4.69, 9.17) is 5.11 Å². The Labute approximate surface area is 62.5 Å². The lowest BCUT2D eigenvalue weighted by Crippen LogP contribution is -1.98. The maximum absolute atomic E-state index is 8.92. The summed E-state index contributed by atoms with van der Waals surface area (Å²) < 4.78 is 0. The lowest BCUT2D eigenvalue weighted by molar-refractivity contribution is 0.228. The van der Waals surface area contributed by atoms with Crippen molar-refractivity contribution in [1.82, 2.24) is 0 Å². The lowest BCUT2D eigenvalue weighted by Gasteiger charge is -1.91. The molecule has 0 aromatic heterocycles. The zero-order valence-corrected chi connectivity index (χ0v) is 6.44. The second-order valence-electron chi connectivity index (χ2n) is 1.85. The summed E-state index contributed by atoms with van der Waals surface area (Å²) >= 11 is 0. The summed E-state index contributed by atoms with van der Waals surface area (Å²) in [6, 6.07) is 0. The zero-order chi connectivity index (χ0) is 7.82. The third kappa shape index (κ3) is 5.22. The number of rotatable bonds is 1. The van der Waals surface area contributed by atoms with Crippen molar-refractivity contribution in [1.29, 1.82) is 0 Å². The maximum Gasteiger partial charge on any atom is 0.115 e. The highest BCUT2D eigenvalue weighted by molar-refractivity contribution is 5.26. The Balaban J connectivity index is 3.68. The molecule has 0 radical (unpaired) electrons. The van der Waals surface area contributed by atoms with E-state index in [1.165, 1.54) is 0 Å². The van der Waals surface area contributed by atoms with Gasteiger partial charge in [0.1, 0.15) is 6.10 Å². The molecule has 0 aromatic carbocycles. The Hall–Kier alpha value is -0.920. The molecule has 0 spiro atoms. The van der Waals surface area contributed by atoms with E-state index < -0.39 is 6.10 Å². The Morgan fingerprint density at radius 1 is 1.30 bits per heavy atom.